The van der Waals surface area contributed by atoms with Crippen LogP contribution >= 0.6 is 0 Å². The van der Waals surface area contributed by atoms with Crippen molar-refractivity contribution in [2.75, 3.05) is 0 Å². The van der Waals surface area contributed by atoms with Crippen LogP contribution < -0.4 is 5.32 Å². The Kier molecular flexibility index (Phi) is 2.04. The van der Waals surface area contributed by atoms with Crippen molar-refractivity contribution in [3.63, 3.8) is 0 Å². The molecule has 1 aromatic carbocycles. The second kappa shape index (κ2) is 3.21. The standard InChI is InChI=1S/C10H9FN2O/c1-6-10(14)13-9(12-6)7-2-4-8(11)5-3-7/h2-6H,1H3,(H,12,13,14). The summed E-state index contributed by atoms with van der Waals surface area (Å²) in [7, 11) is 0. The third kappa shape index (κ3) is 1.51. The Morgan fingerprint density at radius 3 is 2.50 bits per heavy atom. The summed E-state index contributed by atoms with van der Waals surface area (Å²) in [5.74, 6) is 0.0959. The van der Waals surface area contributed by atoms with Gasteiger partial charge in [0.2, 0.25) is 5.91 Å². The summed E-state index contributed by atoms with van der Waals surface area (Å²) in [6.45, 7) is 1.71. The van der Waals surface area contributed by atoms with Crippen LogP contribution in [0.15, 0.2) is 29.3 Å². The van der Waals surface area contributed by atoms with Crippen LogP contribution in [0.2, 0.25) is 0 Å². The molecular weight excluding hydrogens is 183 g/mol. The zero-order valence-electron chi connectivity index (χ0n) is 7.62. The Morgan fingerprint density at radius 1 is 1.36 bits per heavy atom. The van der Waals surface area contributed by atoms with E-state index in [1.165, 1.54) is 12.1 Å². The lowest BCUT2D eigenvalue weighted by Crippen LogP contribution is -2.27. The fraction of sp³-hybridized carbons (Fsp3) is 0.200. The molecule has 1 N–H and O–H groups in total. The molecule has 0 fully saturated rings. The number of nitrogens with one attached hydrogen (secondary N) is 1. The molecule has 0 aliphatic carbocycles. The van der Waals surface area contributed by atoms with Crippen LogP contribution in [0.4, 0.5) is 4.39 Å². The van der Waals surface area contributed by atoms with E-state index in [1.807, 2.05) is 0 Å². The van der Waals surface area contributed by atoms with Gasteiger partial charge < -0.3 is 5.32 Å². The van der Waals surface area contributed by atoms with Crippen molar-refractivity contribution in [1.29, 1.82) is 0 Å². The molecular formula is C10H9FN2O. The van der Waals surface area contributed by atoms with Gasteiger partial charge in [-0.15, -0.1) is 0 Å². The molecule has 0 spiro atoms. The summed E-state index contributed by atoms with van der Waals surface area (Å²) >= 11 is 0. The second-order valence-electron chi connectivity index (χ2n) is 3.15. The number of rotatable bonds is 1. The topological polar surface area (TPSA) is 41.5 Å². The Hall–Kier alpha value is -1.71. The normalized spacial score (nSPS) is 20.6. The monoisotopic (exact) mass is 192 g/mol. The number of halogens is 1. The molecule has 0 saturated carbocycles. The SMILES string of the molecule is CC1N=C(c2ccc(F)cc2)NC1=O. The molecule has 14 heavy (non-hydrogen) atoms. The molecule has 1 aromatic rings. The van der Waals surface area contributed by atoms with E-state index in [2.05, 4.69) is 10.3 Å². The maximum Gasteiger partial charge on any atom is 0.250 e. The van der Waals surface area contributed by atoms with Crippen molar-refractivity contribution in [2.24, 2.45) is 4.99 Å². The van der Waals surface area contributed by atoms with Gasteiger partial charge in [-0.3, -0.25) is 9.79 Å². The molecule has 0 bridgehead atoms. The first-order valence-corrected chi connectivity index (χ1v) is 4.31. The Balaban J connectivity index is 2.29. The Morgan fingerprint density at radius 2 is 2.00 bits per heavy atom. The number of carbonyl (C=O) groups excluding carboxylic acids is 1. The summed E-state index contributed by atoms with van der Waals surface area (Å²) in [4.78, 5) is 15.2. The zero-order valence-corrected chi connectivity index (χ0v) is 7.62. The highest BCUT2D eigenvalue weighted by atomic mass is 19.1. The number of amides is 1. The van der Waals surface area contributed by atoms with Crippen LogP contribution in [0.3, 0.4) is 0 Å². The summed E-state index contributed by atoms with van der Waals surface area (Å²) in [6.07, 6.45) is 0. The van der Waals surface area contributed by atoms with Crippen molar-refractivity contribution in [3.8, 4) is 0 Å². The maximum atomic E-state index is 12.6. The van der Waals surface area contributed by atoms with Crippen molar-refractivity contribution < 1.29 is 9.18 Å². The molecule has 3 nitrogen and oxygen atoms in total. The second-order valence-corrected chi connectivity index (χ2v) is 3.15. The van der Waals surface area contributed by atoms with Crippen molar-refractivity contribution >= 4 is 11.7 Å². The predicted molar refractivity (Wildman–Crippen MR) is 50.5 cm³/mol. The molecule has 1 aliphatic rings. The van der Waals surface area contributed by atoms with Crippen LogP contribution in [0.25, 0.3) is 0 Å². The van der Waals surface area contributed by atoms with E-state index in [1.54, 1.807) is 19.1 Å². The molecule has 72 valence electrons. The number of nitrogens with zero attached hydrogens (tertiary/aromatic N) is 1. The lowest BCUT2D eigenvalue weighted by atomic mass is 10.2. The number of benzene rings is 1. The lowest BCUT2D eigenvalue weighted by molar-refractivity contribution is -0.119. The minimum Gasteiger partial charge on any atom is -0.309 e. The van der Waals surface area contributed by atoms with E-state index >= 15 is 0 Å². The highest BCUT2D eigenvalue weighted by molar-refractivity contribution is 6.13. The Bertz CT molecular complexity index is 397. The van der Waals surface area contributed by atoms with Gasteiger partial charge >= 0.3 is 0 Å². The fourth-order valence-corrected chi connectivity index (χ4v) is 1.26. The zero-order chi connectivity index (χ0) is 10.1. The minimum atomic E-state index is -0.352. The number of hydrogen-bond donors (Lipinski definition) is 1. The maximum absolute atomic E-state index is 12.6. The van der Waals surface area contributed by atoms with E-state index in [-0.39, 0.29) is 17.8 Å². The molecule has 2 rings (SSSR count). The van der Waals surface area contributed by atoms with Crippen molar-refractivity contribution in [1.82, 2.24) is 5.32 Å². The van der Waals surface area contributed by atoms with Gasteiger partial charge in [0.1, 0.15) is 17.7 Å². The van der Waals surface area contributed by atoms with Crippen LogP contribution in [0.5, 0.6) is 0 Å². The summed E-state index contributed by atoms with van der Waals surface area (Å²) in [5, 5.41) is 2.63. The van der Waals surface area contributed by atoms with Crippen LogP contribution in [-0.2, 0) is 4.79 Å². The number of hydrogen-bond acceptors (Lipinski definition) is 2. The highest BCUT2D eigenvalue weighted by Gasteiger charge is 2.22. The fourth-order valence-electron chi connectivity index (χ4n) is 1.26. The number of aliphatic imine (C=N–C) groups is 1. The third-order valence-electron chi connectivity index (χ3n) is 2.06. The minimum absolute atomic E-state index is 0.121. The van der Waals surface area contributed by atoms with Gasteiger partial charge in [-0.2, -0.15) is 0 Å². The van der Waals surface area contributed by atoms with Crippen molar-refractivity contribution in [2.45, 2.75) is 13.0 Å². The van der Waals surface area contributed by atoms with Gasteiger partial charge in [-0.25, -0.2) is 4.39 Å². The first-order valence-electron chi connectivity index (χ1n) is 4.31. The molecule has 0 radical (unpaired) electrons. The lowest BCUT2D eigenvalue weighted by Gasteiger charge is -1.99. The molecule has 0 saturated heterocycles. The van der Waals surface area contributed by atoms with E-state index in [4.69, 9.17) is 0 Å². The first-order chi connectivity index (χ1) is 6.66. The van der Waals surface area contributed by atoms with E-state index in [0.717, 1.165) is 5.56 Å². The molecule has 1 unspecified atom stereocenters. The van der Waals surface area contributed by atoms with E-state index in [9.17, 15) is 9.18 Å². The Labute approximate surface area is 80.7 Å². The van der Waals surface area contributed by atoms with Crippen LogP contribution in [-0.4, -0.2) is 17.8 Å². The van der Waals surface area contributed by atoms with Gasteiger partial charge in [0.25, 0.3) is 0 Å². The first kappa shape index (κ1) is 8.87. The smallest absolute Gasteiger partial charge is 0.250 e. The van der Waals surface area contributed by atoms with Crippen LogP contribution in [0, 0.1) is 5.82 Å². The molecule has 1 heterocycles. The van der Waals surface area contributed by atoms with Gasteiger partial charge in [-0.05, 0) is 31.2 Å². The third-order valence-corrected chi connectivity index (χ3v) is 2.06. The molecule has 1 aliphatic heterocycles. The average molecular weight is 192 g/mol. The van der Waals surface area contributed by atoms with Gasteiger partial charge in [0.05, 0.1) is 0 Å². The summed E-state index contributed by atoms with van der Waals surface area (Å²) in [5.41, 5.74) is 0.726. The largest absolute Gasteiger partial charge is 0.309 e. The molecule has 1 amide bonds. The molecule has 0 aromatic heterocycles. The van der Waals surface area contributed by atoms with E-state index in [0.29, 0.717) is 5.84 Å². The van der Waals surface area contributed by atoms with E-state index < -0.39 is 0 Å². The number of carbonyl (C=O) groups is 1. The highest BCUT2D eigenvalue weighted by Crippen LogP contribution is 2.08. The summed E-state index contributed by atoms with van der Waals surface area (Å²) < 4.78 is 12.6. The quantitative estimate of drug-likeness (QED) is 0.711. The van der Waals surface area contributed by atoms with Gasteiger partial charge in [-0.1, -0.05) is 0 Å². The van der Waals surface area contributed by atoms with Crippen LogP contribution in [0.1, 0.15) is 12.5 Å². The van der Waals surface area contributed by atoms with Gasteiger partial charge in [0.15, 0.2) is 0 Å². The predicted octanol–water partition coefficient (Wildman–Crippen LogP) is 1.09. The average Bonchev–Trinajstić information content (AvgIpc) is 2.48. The van der Waals surface area contributed by atoms with Gasteiger partial charge in [0, 0.05) is 5.56 Å². The number of amidine groups is 1. The van der Waals surface area contributed by atoms with Crippen molar-refractivity contribution in [3.05, 3.63) is 35.6 Å². The molecule has 1 atom stereocenters. The molecule has 4 heteroatoms. The summed E-state index contributed by atoms with van der Waals surface area (Å²) in [6, 6.07) is 5.51.